The molecule has 1 rings (SSSR count). The minimum absolute atomic E-state index is 0.170. The van der Waals surface area contributed by atoms with Gasteiger partial charge in [-0.25, -0.2) is 0 Å². The van der Waals surface area contributed by atoms with E-state index in [1.165, 1.54) is 16.8 Å². The Labute approximate surface area is 90.8 Å². The van der Waals surface area contributed by atoms with Crippen LogP contribution in [0.4, 0.5) is 0 Å². The van der Waals surface area contributed by atoms with Gasteiger partial charge in [0.2, 0.25) is 5.91 Å². The molecule has 0 bridgehead atoms. The number of aromatic nitrogens is 1. The van der Waals surface area contributed by atoms with Crippen LogP contribution < -0.4 is 11.1 Å². The van der Waals surface area contributed by atoms with Gasteiger partial charge < -0.3 is 20.7 Å². The van der Waals surface area contributed by atoms with Gasteiger partial charge in [-0.15, -0.1) is 0 Å². The maximum absolute atomic E-state index is 11.5. The first-order valence-electron chi connectivity index (χ1n) is 4.44. The first kappa shape index (κ1) is 11.8. The normalized spacial score (nSPS) is 9.75. The molecule has 0 aliphatic heterocycles. The molecule has 0 aromatic carbocycles. The largest absolute Gasteiger partial charge is 0.480 e. The number of nitrogens with two attached hydrogens (primary N) is 1. The van der Waals surface area contributed by atoms with Gasteiger partial charge in [0.1, 0.15) is 12.2 Å². The molecule has 0 atom stereocenters. The average Bonchev–Trinajstić information content (AvgIpc) is 2.61. The molecule has 0 radical (unpaired) electrons. The second kappa shape index (κ2) is 4.96. The van der Waals surface area contributed by atoms with Crippen LogP contribution in [-0.4, -0.2) is 34.0 Å². The van der Waals surface area contributed by atoms with Crippen LogP contribution in [0.2, 0.25) is 0 Å². The van der Waals surface area contributed by atoms with Gasteiger partial charge in [-0.2, -0.15) is 0 Å². The van der Waals surface area contributed by atoms with Crippen LogP contribution in [0.5, 0.6) is 0 Å². The van der Waals surface area contributed by atoms with Crippen LogP contribution in [0.25, 0.3) is 0 Å². The first-order chi connectivity index (χ1) is 7.50. The van der Waals surface area contributed by atoms with Gasteiger partial charge in [-0.3, -0.25) is 14.4 Å². The lowest BCUT2D eigenvalue weighted by atomic mass is 10.4. The zero-order valence-electron chi connectivity index (χ0n) is 8.34. The summed E-state index contributed by atoms with van der Waals surface area (Å²) in [4.78, 5) is 32.4. The Morgan fingerprint density at radius 2 is 2.12 bits per heavy atom. The van der Waals surface area contributed by atoms with Crippen molar-refractivity contribution in [2.24, 2.45) is 5.73 Å². The number of hydrogen-bond acceptors (Lipinski definition) is 3. The van der Waals surface area contributed by atoms with Gasteiger partial charge in [-0.1, -0.05) is 0 Å². The lowest BCUT2D eigenvalue weighted by Gasteiger charge is -2.06. The van der Waals surface area contributed by atoms with E-state index in [2.05, 4.69) is 5.32 Å². The highest BCUT2D eigenvalue weighted by molar-refractivity contribution is 5.95. The second-order valence-electron chi connectivity index (χ2n) is 3.06. The highest BCUT2D eigenvalue weighted by Crippen LogP contribution is 2.01. The number of amides is 2. The molecule has 1 heterocycles. The van der Waals surface area contributed by atoms with E-state index in [0.717, 1.165) is 0 Å². The molecule has 7 nitrogen and oxygen atoms in total. The monoisotopic (exact) mass is 225 g/mol. The highest BCUT2D eigenvalue weighted by atomic mass is 16.4. The Kier molecular flexibility index (Phi) is 3.65. The molecule has 4 N–H and O–H groups in total. The topological polar surface area (TPSA) is 114 Å². The van der Waals surface area contributed by atoms with Gasteiger partial charge in [-0.05, 0) is 12.1 Å². The van der Waals surface area contributed by atoms with Crippen molar-refractivity contribution in [2.45, 2.75) is 6.54 Å². The number of primary amides is 1. The zero-order valence-corrected chi connectivity index (χ0v) is 8.34. The van der Waals surface area contributed by atoms with Crippen LogP contribution in [0, 0.1) is 0 Å². The summed E-state index contributed by atoms with van der Waals surface area (Å²) >= 11 is 0. The van der Waals surface area contributed by atoms with Crippen molar-refractivity contribution in [1.82, 2.24) is 9.88 Å². The van der Waals surface area contributed by atoms with Crippen molar-refractivity contribution >= 4 is 17.8 Å². The summed E-state index contributed by atoms with van der Waals surface area (Å²) in [6, 6.07) is 3.00. The molecule has 2 amide bonds. The molecule has 0 aliphatic rings. The van der Waals surface area contributed by atoms with E-state index in [1.54, 1.807) is 6.07 Å². The smallest absolute Gasteiger partial charge is 0.323 e. The number of carbonyl (C=O) groups excluding carboxylic acids is 2. The van der Waals surface area contributed by atoms with Crippen LogP contribution in [0.15, 0.2) is 18.3 Å². The van der Waals surface area contributed by atoms with Crippen molar-refractivity contribution in [3.63, 3.8) is 0 Å². The van der Waals surface area contributed by atoms with Gasteiger partial charge in [0.15, 0.2) is 0 Å². The summed E-state index contributed by atoms with van der Waals surface area (Å²) in [5.74, 6) is -2.25. The van der Waals surface area contributed by atoms with Crippen LogP contribution >= 0.6 is 0 Å². The fraction of sp³-hybridized carbons (Fsp3) is 0.222. The van der Waals surface area contributed by atoms with Crippen molar-refractivity contribution < 1.29 is 19.5 Å². The van der Waals surface area contributed by atoms with E-state index in [1.807, 2.05) is 0 Å². The van der Waals surface area contributed by atoms with Crippen molar-refractivity contribution in [1.29, 1.82) is 0 Å². The molecule has 0 spiro atoms. The number of carboxylic acid groups (broad SMARTS) is 1. The summed E-state index contributed by atoms with van der Waals surface area (Å²) in [6.45, 7) is -0.594. The summed E-state index contributed by atoms with van der Waals surface area (Å²) in [5, 5.41) is 10.9. The van der Waals surface area contributed by atoms with E-state index in [4.69, 9.17) is 10.8 Å². The molecular weight excluding hydrogens is 214 g/mol. The van der Waals surface area contributed by atoms with Gasteiger partial charge in [0, 0.05) is 6.20 Å². The third-order valence-electron chi connectivity index (χ3n) is 1.79. The molecule has 0 saturated heterocycles. The summed E-state index contributed by atoms with van der Waals surface area (Å²) < 4.78 is 1.26. The molecule has 16 heavy (non-hydrogen) atoms. The van der Waals surface area contributed by atoms with Gasteiger partial charge in [0.05, 0.1) is 6.54 Å². The van der Waals surface area contributed by atoms with E-state index < -0.39 is 17.8 Å². The second-order valence-corrected chi connectivity index (χ2v) is 3.06. The maximum Gasteiger partial charge on any atom is 0.323 e. The minimum Gasteiger partial charge on any atom is -0.480 e. The Morgan fingerprint density at radius 3 is 2.69 bits per heavy atom. The molecule has 1 aromatic heterocycles. The SMILES string of the molecule is NC(=O)CNC(=O)c1cccn1CC(=O)O. The molecule has 0 saturated carbocycles. The Morgan fingerprint density at radius 1 is 1.44 bits per heavy atom. The third-order valence-corrected chi connectivity index (χ3v) is 1.79. The zero-order chi connectivity index (χ0) is 12.1. The van der Waals surface area contributed by atoms with Crippen LogP contribution in [-0.2, 0) is 16.1 Å². The first-order valence-corrected chi connectivity index (χ1v) is 4.44. The summed E-state index contributed by atoms with van der Waals surface area (Å²) in [7, 11) is 0. The predicted octanol–water partition coefficient (Wildman–Crippen LogP) is -1.21. The molecule has 0 unspecified atom stereocenters. The quantitative estimate of drug-likeness (QED) is 0.583. The number of carbonyl (C=O) groups is 3. The van der Waals surface area contributed by atoms with E-state index in [-0.39, 0.29) is 18.8 Å². The number of aliphatic carboxylic acids is 1. The van der Waals surface area contributed by atoms with Gasteiger partial charge >= 0.3 is 5.97 Å². The lowest BCUT2D eigenvalue weighted by Crippen LogP contribution is -2.34. The summed E-state index contributed by atoms with van der Waals surface area (Å²) in [6.07, 6.45) is 1.47. The number of rotatable bonds is 5. The number of carboxylic acids is 1. The van der Waals surface area contributed by atoms with Crippen LogP contribution in [0.1, 0.15) is 10.5 Å². The summed E-state index contributed by atoms with van der Waals surface area (Å²) in [5.41, 5.74) is 5.03. The number of nitrogens with zero attached hydrogens (tertiary/aromatic N) is 1. The molecule has 86 valence electrons. The minimum atomic E-state index is -1.06. The Bertz CT molecular complexity index is 424. The average molecular weight is 225 g/mol. The van der Waals surface area contributed by atoms with Gasteiger partial charge in [0.25, 0.3) is 5.91 Å². The fourth-order valence-electron chi connectivity index (χ4n) is 1.16. The molecule has 1 aromatic rings. The van der Waals surface area contributed by atoms with Crippen molar-refractivity contribution in [3.05, 3.63) is 24.0 Å². The van der Waals surface area contributed by atoms with E-state index in [9.17, 15) is 14.4 Å². The lowest BCUT2D eigenvalue weighted by molar-refractivity contribution is -0.137. The Hall–Kier alpha value is -2.31. The van der Waals surface area contributed by atoms with Crippen molar-refractivity contribution in [2.75, 3.05) is 6.54 Å². The Balaban J connectivity index is 2.71. The molecular formula is C9H11N3O4. The van der Waals surface area contributed by atoms with Crippen molar-refractivity contribution in [3.8, 4) is 0 Å². The molecule has 7 heteroatoms. The third kappa shape index (κ3) is 3.12. The fourth-order valence-corrected chi connectivity index (χ4v) is 1.16. The van der Waals surface area contributed by atoms with E-state index in [0.29, 0.717) is 0 Å². The maximum atomic E-state index is 11.5. The van der Waals surface area contributed by atoms with Crippen LogP contribution in [0.3, 0.4) is 0 Å². The molecule has 0 aliphatic carbocycles. The van der Waals surface area contributed by atoms with E-state index >= 15 is 0 Å². The standard InChI is InChI=1S/C9H11N3O4/c10-7(13)4-11-9(16)6-2-1-3-12(6)5-8(14)15/h1-3H,4-5H2,(H2,10,13)(H,11,16)(H,14,15). The number of nitrogens with one attached hydrogen (secondary N) is 1. The predicted molar refractivity (Wildman–Crippen MR) is 53.6 cm³/mol. The number of hydrogen-bond donors (Lipinski definition) is 3. The highest BCUT2D eigenvalue weighted by Gasteiger charge is 2.12. The molecule has 0 fully saturated rings.